The number of para-hydroxylation sites is 1. The van der Waals surface area contributed by atoms with Gasteiger partial charge in [-0.15, -0.1) is 0 Å². The first-order valence-electron chi connectivity index (χ1n) is 7.62. The van der Waals surface area contributed by atoms with E-state index in [0.717, 1.165) is 24.3 Å². The topological polar surface area (TPSA) is 44.8 Å². The fourth-order valence-electron chi connectivity index (χ4n) is 1.94. The van der Waals surface area contributed by atoms with Gasteiger partial charge in [0.25, 0.3) is 0 Å². The first kappa shape index (κ1) is 15.2. The third-order valence-corrected chi connectivity index (χ3v) is 3.34. The smallest absolute Gasteiger partial charge is 0.309 e. The lowest BCUT2D eigenvalue weighted by molar-refractivity contribution is -0.143. The van der Waals surface area contributed by atoms with Crippen molar-refractivity contribution >= 4 is 5.97 Å². The summed E-state index contributed by atoms with van der Waals surface area (Å²) >= 11 is 0. The van der Waals surface area contributed by atoms with Gasteiger partial charge in [0, 0.05) is 0 Å². The Morgan fingerprint density at radius 2 is 1.61 bits per heavy atom. The van der Waals surface area contributed by atoms with Gasteiger partial charge >= 0.3 is 5.97 Å². The lowest BCUT2D eigenvalue weighted by atomic mass is 10.3. The molecule has 0 N–H and O–H groups in total. The van der Waals surface area contributed by atoms with Gasteiger partial charge in [0.2, 0.25) is 0 Å². The molecule has 4 nitrogen and oxygen atoms in total. The summed E-state index contributed by atoms with van der Waals surface area (Å²) in [7, 11) is 0. The third kappa shape index (κ3) is 4.88. The highest BCUT2D eigenvalue weighted by Crippen LogP contribution is 2.30. The average Bonchev–Trinajstić information content (AvgIpc) is 3.42. The van der Waals surface area contributed by atoms with Crippen molar-refractivity contribution in [2.45, 2.75) is 12.8 Å². The summed E-state index contributed by atoms with van der Waals surface area (Å²) in [6.07, 6.45) is 5.11. The SMILES string of the molecule is O=C(OCC=COc1ccc(Oc2ccccc2)cc1)C1CC1. The molecule has 0 unspecified atom stereocenters. The van der Waals surface area contributed by atoms with Crippen molar-refractivity contribution in [2.24, 2.45) is 5.92 Å². The lowest BCUT2D eigenvalue weighted by Gasteiger charge is -2.06. The quantitative estimate of drug-likeness (QED) is 0.564. The van der Waals surface area contributed by atoms with Crippen molar-refractivity contribution in [1.82, 2.24) is 0 Å². The number of benzene rings is 2. The zero-order valence-electron chi connectivity index (χ0n) is 12.7. The van der Waals surface area contributed by atoms with Crippen molar-refractivity contribution in [3.05, 3.63) is 66.9 Å². The van der Waals surface area contributed by atoms with Crippen LogP contribution in [0.4, 0.5) is 0 Å². The Labute approximate surface area is 135 Å². The highest BCUT2D eigenvalue weighted by molar-refractivity contribution is 5.74. The molecule has 0 aromatic heterocycles. The molecule has 0 spiro atoms. The molecule has 2 aromatic rings. The second-order valence-electron chi connectivity index (χ2n) is 5.28. The summed E-state index contributed by atoms with van der Waals surface area (Å²) in [6, 6.07) is 16.9. The number of esters is 1. The summed E-state index contributed by atoms with van der Waals surface area (Å²) in [5.74, 6) is 2.23. The van der Waals surface area contributed by atoms with Crippen LogP contribution in [0.1, 0.15) is 12.8 Å². The molecule has 0 radical (unpaired) electrons. The molecule has 1 aliphatic carbocycles. The molecule has 1 fully saturated rings. The second kappa shape index (κ2) is 7.49. The van der Waals surface area contributed by atoms with Crippen LogP contribution < -0.4 is 9.47 Å². The van der Waals surface area contributed by atoms with E-state index in [1.807, 2.05) is 54.6 Å². The van der Waals surface area contributed by atoms with Gasteiger partial charge in [-0.2, -0.15) is 0 Å². The Balaban J connectivity index is 1.43. The molecule has 23 heavy (non-hydrogen) atoms. The van der Waals surface area contributed by atoms with E-state index in [9.17, 15) is 4.79 Å². The molecule has 2 aromatic carbocycles. The molecule has 0 heterocycles. The Morgan fingerprint density at radius 3 is 2.30 bits per heavy atom. The molecule has 4 heteroatoms. The molecule has 0 saturated heterocycles. The van der Waals surface area contributed by atoms with Crippen LogP contribution in [0.2, 0.25) is 0 Å². The summed E-state index contributed by atoms with van der Waals surface area (Å²) in [5, 5.41) is 0. The highest BCUT2D eigenvalue weighted by Gasteiger charge is 2.30. The maximum atomic E-state index is 11.3. The number of carbonyl (C=O) groups is 1. The van der Waals surface area contributed by atoms with E-state index in [0.29, 0.717) is 5.75 Å². The average molecular weight is 310 g/mol. The standard InChI is InChI=1S/C19H18O4/c20-19(15-7-8-15)22-14-4-13-21-16-9-11-18(12-10-16)23-17-5-2-1-3-6-17/h1-6,9-13,15H,7-8,14H2. The zero-order chi connectivity index (χ0) is 15.9. The molecule has 118 valence electrons. The molecule has 0 amide bonds. The van der Waals surface area contributed by atoms with E-state index in [-0.39, 0.29) is 18.5 Å². The predicted octanol–water partition coefficient (Wildman–Crippen LogP) is 4.32. The van der Waals surface area contributed by atoms with Crippen molar-refractivity contribution < 1.29 is 19.0 Å². The molecule has 0 atom stereocenters. The monoisotopic (exact) mass is 310 g/mol. The maximum Gasteiger partial charge on any atom is 0.309 e. The van der Waals surface area contributed by atoms with Gasteiger partial charge in [-0.25, -0.2) is 0 Å². The first-order valence-corrected chi connectivity index (χ1v) is 7.62. The van der Waals surface area contributed by atoms with Crippen LogP contribution in [0, 0.1) is 5.92 Å². The molecule has 3 rings (SSSR count). The minimum atomic E-state index is -0.114. The molecule has 1 aliphatic rings. The number of carbonyl (C=O) groups excluding carboxylic acids is 1. The van der Waals surface area contributed by atoms with Crippen LogP contribution in [-0.2, 0) is 9.53 Å². The number of hydrogen-bond donors (Lipinski definition) is 0. The summed E-state index contributed by atoms with van der Waals surface area (Å²) in [6.45, 7) is 0.241. The van der Waals surface area contributed by atoms with Crippen molar-refractivity contribution in [2.75, 3.05) is 6.61 Å². The molecule has 0 aliphatic heterocycles. The van der Waals surface area contributed by atoms with Crippen LogP contribution >= 0.6 is 0 Å². The van der Waals surface area contributed by atoms with E-state index in [1.54, 1.807) is 6.08 Å². The predicted molar refractivity (Wildman–Crippen MR) is 86.4 cm³/mol. The van der Waals surface area contributed by atoms with Crippen molar-refractivity contribution in [3.8, 4) is 17.2 Å². The van der Waals surface area contributed by atoms with Crippen LogP contribution in [-0.4, -0.2) is 12.6 Å². The van der Waals surface area contributed by atoms with Gasteiger partial charge in [-0.05, 0) is 55.3 Å². The van der Waals surface area contributed by atoms with Crippen molar-refractivity contribution in [1.29, 1.82) is 0 Å². The van der Waals surface area contributed by atoms with Gasteiger partial charge in [0.15, 0.2) is 0 Å². The highest BCUT2D eigenvalue weighted by atomic mass is 16.5. The van der Waals surface area contributed by atoms with Gasteiger partial charge in [0.1, 0.15) is 23.9 Å². The van der Waals surface area contributed by atoms with E-state index in [2.05, 4.69) is 0 Å². The Bertz CT molecular complexity index is 658. The minimum Gasteiger partial charge on any atom is -0.465 e. The lowest BCUT2D eigenvalue weighted by Crippen LogP contribution is -2.06. The number of hydrogen-bond acceptors (Lipinski definition) is 4. The summed E-state index contributed by atoms with van der Waals surface area (Å²) in [5.41, 5.74) is 0. The number of ether oxygens (including phenoxy) is 3. The van der Waals surface area contributed by atoms with Crippen LogP contribution in [0.5, 0.6) is 17.2 Å². The minimum absolute atomic E-state index is 0.114. The van der Waals surface area contributed by atoms with E-state index in [4.69, 9.17) is 14.2 Å². The summed E-state index contributed by atoms with van der Waals surface area (Å²) < 4.78 is 16.2. The van der Waals surface area contributed by atoms with Gasteiger partial charge in [0.05, 0.1) is 12.2 Å². The Kier molecular flexibility index (Phi) is 4.94. The molecule has 1 saturated carbocycles. The van der Waals surface area contributed by atoms with E-state index in [1.165, 1.54) is 6.26 Å². The molecular formula is C19H18O4. The van der Waals surface area contributed by atoms with Crippen LogP contribution in [0.15, 0.2) is 66.9 Å². The largest absolute Gasteiger partial charge is 0.465 e. The van der Waals surface area contributed by atoms with E-state index < -0.39 is 0 Å². The normalized spacial score (nSPS) is 13.7. The van der Waals surface area contributed by atoms with Gasteiger partial charge in [-0.1, -0.05) is 18.2 Å². The van der Waals surface area contributed by atoms with Crippen molar-refractivity contribution in [3.63, 3.8) is 0 Å². The zero-order valence-corrected chi connectivity index (χ0v) is 12.7. The van der Waals surface area contributed by atoms with Gasteiger partial charge in [-0.3, -0.25) is 4.79 Å². The first-order chi connectivity index (χ1) is 11.3. The van der Waals surface area contributed by atoms with Crippen LogP contribution in [0.25, 0.3) is 0 Å². The van der Waals surface area contributed by atoms with Crippen LogP contribution in [0.3, 0.4) is 0 Å². The van der Waals surface area contributed by atoms with E-state index >= 15 is 0 Å². The fourth-order valence-corrected chi connectivity index (χ4v) is 1.94. The number of rotatable bonds is 7. The summed E-state index contributed by atoms with van der Waals surface area (Å²) in [4.78, 5) is 11.3. The molecule has 0 bridgehead atoms. The maximum absolute atomic E-state index is 11.3. The second-order valence-corrected chi connectivity index (χ2v) is 5.28. The third-order valence-electron chi connectivity index (χ3n) is 3.34. The fraction of sp³-hybridized carbons (Fsp3) is 0.211. The molecular weight excluding hydrogens is 292 g/mol. The Morgan fingerprint density at radius 1 is 0.957 bits per heavy atom. The van der Waals surface area contributed by atoms with Gasteiger partial charge < -0.3 is 14.2 Å². The Hall–Kier alpha value is -2.75.